The van der Waals surface area contributed by atoms with Crippen LogP contribution >= 0.6 is 0 Å². The normalized spacial score (nSPS) is 9.62. The number of hydrogen-bond acceptors (Lipinski definition) is 2. The average Bonchev–Trinajstić information content (AvgIpc) is 2.34. The Balaban J connectivity index is 2.89. The fraction of sp³-hybridized carbons (Fsp3) is 0.333. The summed E-state index contributed by atoms with van der Waals surface area (Å²) in [5.74, 6) is 0. The molecule has 1 aromatic carbocycles. The maximum Gasteiger partial charge on any atom is 0.214 e. The lowest BCUT2D eigenvalue weighted by atomic mass is 10.2. The molecule has 4 nitrogen and oxygen atoms in total. The van der Waals surface area contributed by atoms with E-state index in [0.717, 1.165) is 24.2 Å². The Kier molecular flexibility index (Phi) is 4.51. The predicted molar refractivity (Wildman–Crippen MR) is 64.6 cm³/mol. The number of nitrogens with zero attached hydrogens (tertiary/aromatic N) is 2. The van der Waals surface area contributed by atoms with Crippen LogP contribution in [-0.4, -0.2) is 25.9 Å². The second-order valence-electron chi connectivity index (χ2n) is 3.30. The maximum absolute atomic E-state index is 10.7. The Hall–Kier alpha value is -1.84. The van der Waals surface area contributed by atoms with Crippen molar-refractivity contribution in [2.45, 2.75) is 13.8 Å². The standard InChI is InChI=1S/C12H16N2O2/c1-3-13(9-15)11-5-7-12(8-6-11)14(4-2)10-16/h5-10H,3-4H2,1-2H3. The van der Waals surface area contributed by atoms with E-state index in [-0.39, 0.29) is 0 Å². The highest BCUT2D eigenvalue weighted by atomic mass is 16.1. The van der Waals surface area contributed by atoms with Crippen LogP contribution in [-0.2, 0) is 9.59 Å². The molecule has 0 fully saturated rings. The van der Waals surface area contributed by atoms with Crippen molar-refractivity contribution in [1.29, 1.82) is 0 Å². The molecule has 0 bridgehead atoms. The van der Waals surface area contributed by atoms with E-state index in [2.05, 4.69) is 0 Å². The number of carbonyl (C=O) groups excluding carboxylic acids is 2. The van der Waals surface area contributed by atoms with E-state index in [4.69, 9.17) is 0 Å². The Labute approximate surface area is 95.5 Å². The second-order valence-corrected chi connectivity index (χ2v) is 3.30. The molecule has 16 heavy (non-hydrogen) atoms. The fourth-order valence-corrected chi connectivity index (χ4v) is 1.47. The van der Waals surface area contributed by atoms with Gasteiger partial charge in [0, 0.05) is 24.5 Å². The Bertz CT molecular complexity index is 314. The third-order valence-electron chi connectivity index (χ3n) is 2.45. The molecule has 0 saturated heterocycles. The van der Waals surface area contributed by atoms with Gasteiger partial charge in [-0.25, -0.2) is 0 Å². The van der Waals surface area contributed by atoms with Crippen molar-refractivity contribution in [3.8, 4) is 0 Å². The van der Waals surface area contributed by atoms with Gasteiger partial charge in [-0.3, -0.25) is 9.59 Å². The molecule has 0 saturated carbocycles. The van der Waals surface area contributed by atoms with Crippen LogP contribution in [0.15, 0.2) is 24.3 Å². The van der Waals surface area contributed by atoms with E-state index in [0.29, 0.717) is 13.1 Å². The molecule has 0 heterocycles. The van der Waals surface area contributed by atoms with Gasteiger partial charge in [0.05, 0.1) is 0 Å². The minimum Gasteiger partial charge on any atom is -0.315 e. The summed E-state index contributed by atoms with van der Waals surface area (Å²) in [4.78, 5) is 24.7. The van der Waals surface area contributed by atoms with Crippen LogP contribution in [0.4, 0.5) is 11.4 Å². The van der Waals surface area contributed by atoms with Gasteiger partial charge in [0.15, 0.2) is 0 Å². The van der Waals surface area contributed by atoms with Crippen molar-refractivity contribution in [1.82, 2.24) is 0 Å². The molecule has 0 aliphatic carbocycles. The van der Waals surface area contributed by atoms with Crippen LogP contribution in [0.25, 0.3) is 0 Å². The van der Waals surface area contributed by atoms with Crippen LogP contribution in [0.3, 0.4) is 0 Å². The summed E-state index contributed by atoms with van der Waals surface area (Å²) in [5, 5.41) is 0. The minimum atomic E-state index is 0.633. The van der Waals surface area contributed by atoms with Crippen LogP contribution in [0.1, 0.15) is 13.8 Å². The topological polar surface area (TPSA) is 40.6 Å². The van der Waals surface area contributed by atoms with E-state index in [1.165, 1.54) is 0 Å². The molecule has 0 aliphatic rings. The second kappa shape index (κ2) is 5.90. The summed E-state index contributed by atoms with van der Waals surface area (Å²) in [6.07, 6.45) is 1.60. The maximum atomic E-state index is 10.7. The molecule has 4 heteroatoms. The van der Waals surface area contributed by atoms with Gasteiger partial charge in [0.1, 0.15) is 0 Å². The van der Waals surface area contributed by atoms with Crippen LogP contribution in [0, 0.1) is 0 Å². The number of rotatable bonds is 6. The summed E-state index contributed by atoms with van der Waals surface area (Å²) >= 11 is 0. The van der Waals surface area contributed by atoms with Gasteiger partial charge in [-0.2, -0.15) is 0 Å². The number of amides is 2. The number of anilines is 2. The minimum absolute atomic E-state index is 0.633. The zero-order valence-corrected chi connectivity index (χ0v) is 9.59. The summed E-state index contributed by atoms with van der Waals surface area (Å²) in [6, 6.07) is 7.33. The van der Waals surface area contributed by atoms with Crippen molar-refractivity contribution in [3.63, 3.8) is 0 Å². The Morgan fingerprint density at radius 2 is 1.19 bits per heavy atom. The van der Waals surface area contributed by atoms with E-state index < -0.39 is 0 Å². The van der Waals surface area contributed by atoms with Crippen molar-refractivity contribution in [2.75, 3.05) is 22.9 Å². The zero-order valence-electron chi connectivity index (χ0n) is 9.59. The first kappa shape index (κ1) is 12.2. The third kappa shape index (κ3) is 2.59. The number of benzene rings is 1. The number of hydrogen-bond donors (Lipinski definition) is 0. The zero-order chi connectivity index (χ0) is 12.0. The van der Waals surface area contributed by atoms with Crippen LogP contribution in [0.5, 0.6) is 0 Å². The molecule has 2 amide bonds. The van der Waals surface area contributed by atoms with E-state index >= 15 is 0 Å². The van der Waals surface area contributed by atoms with Crippen molar-refractivity contribution in [3.05, 3.63) is 24.3 Å². The SMILES string of the molecule is CCN(C=O)c1ccc(N(C=O)CC)cc1. The first-order chi connectivity index (χ1) is 7.76. The lowest BCUT2D eigenvalue weighted by Crippen LogP contribution is -2.21. The first-order valence-corrected chi connectivity index (χ1v) is 5.30. The predicted octanol–water partition coefficient (Wildman–Crippen LogP) is 1.65. The molecule has 86 valence electrons. The van der Waals surface area contributed by atoms with Gasteiger partial charge in [-0.05, 0) is 38.1 Å². The Morgan fingerprint density at radius 3 is 1.38 bits per heavy atom. The molecule has 1 aromatic rings. The van der Waals surface area contributed by atoms with Crippen molar-refractivity contribution < 1.29 is 9.59 Å². The Morgan fingerprint density at radius 1 is 0.875 bits per heavy atom. The van der Waals surface area contributed by atoms with Gasteiger partial charge in [-0.1, -0.05) is 0 Å². The fourth-order valence-electron chi connectivity index (χ4n) is 1.47. The van der Waals surface area contributed by atoms with Crippen LogP contribution < -0.4 is 9.80 Å². The summed E-state index contributed by atoms with van der Waals surface area (Å²) in [6.45, 7) is 5.08. The third-order valence-corrected chi connectivity index (χ3v) is 2.45. The van der Waals surface area contributed by atoms with E-state index in [9.17, 15) is 9.59 Å². The largest absolute Gasteiger partial charge is 0.315 e. The molecule has 0 spiro atoms. The molecular weight excluding hydrogens is 204 g/mol. The van der Waals surface area contributed by atoms with E-state index in [1.54, 1.807) is 9.80 Å². The van der Waals surface area contributed by atoms with Crippen molar-refractivity contribution >= 4 is 24.2 Å². The average molecular weight is 220 g/mol. The first-order valence-electron chi connectivity index (χ1n) is 5.30. The van der Waals surface area contributed by atoms with Gasteiger partial charge < -0.3 is 9.80 Å². The van der Waals surface area contributed by atoms with Gasteiger partial charge >= 0.3 is 0 Å². The summed E-state index contributed by atoms with van der Waals surface area (Å²) in [7, 11) is 0. The monoisotopic (exact) mass is 220 g/mol. The van der Waals surface area contributed by atoms with Crippen molar-refractivity contribution in [2.24, 2.45) is 0 Å². The molecule has 0 atom stereocenters. The van der Waals surface area contributed by atoms with E-state index in [1.807, 2.05) is 38.1 Å². The van der Waals surface area contributed by atoms with Gasteiger partial charge in [0.25, 0.3) is 0 Å². The molecule has 0 aromatic heterocycles. The van der Waals surface area contributed by atoms with Gasteiger partial charge in [-0.15, -0.1) is 0 Å². The highest BCUT2D eigenvalue weighted by Gasteiger charge is 2.05. The lowest BCUT2D eigenvalue weighted by Gasteiger charge is -2.18. The molecule has 0 aliphatic heterocycles. The lowest BCUT2D eigenvalue weighted by molar-refractivity contribution is -0.108. The molecule has 0 radical (unpaired) electrons. The highest BCUT2D eigenvalue weighted by molar-refractivity contribution is 5.79. The van der Waals surface area contributed by atoms with Gasteiger partial charge in [0.2, 0.25) is 12.8 Å². The van der Waals surface area contributed by atoms with Crippen LogP contribution in [0.2, 0.25) is 0 Å². The smallest absolute Gasteiger partial charge is 0.214 e. The molecular formula is C12H16N2O2. The quantitative estimate of drug-likeness (QED) is 0.684. The number of carbonyl (C=O) groups is 2. The highest BCUT2D eigenvalue weighted by Crippen LogP contribution is 2.19. The molecule has 0 unspecified atom stereocenters. The molecule has 0 N–H and O–H groups in total. The summed E-state index contributed by atoms with van der Waals surface area (Å²) < 4.78 is 0. The molecule has 1 rings (SSSR count). The summed E-state index contributed by atoms with van der Waals surface area (Å²) in [5.41, 5.74) is 1.67.